The molecule has 0 amide bonds. The van der Waals surface area contributed by atoms with Crippen LogP contribution in [0.2, 0.25) is 0 Å². The van der Waals surface area contributed by atoms with Gasteiger partial charge in [0.15, 0.2) is 0 Å². The normalized spacial score (nSPS) is 14.0. The minimum absolute atomic E-state index is 0.0261. The number of nitrogens with zero attached hydrogens (tertiary/aromatic N) is 4. The molecular weight excluding hydrogens is 480 g/mol. The molecule has 6 rings (SSSR count). The highest BCUT2D eigenvalue weighted by atomic mass is 16.3. The molecule has 0 saturated carbocycles. The van der Waals surface area contributed by atoms with E-state index in [0.29, 0.717) is 22.2 Å². The molecular formula is C34H30N4O. The molecule has 5 nitrogen and oxygen atoms in total. The number of aromatic nitrogens is 2. The van der Waals surface area contributed by atoms with Crippen LogP contribution in [0.5, 0.6) is 5.75 Å². The van der Waals surface area contributed by atoms with Gasteiger partial charge < -0.3 is 5.11 Å². The first-order chi connectivity index (χ1) is 18.6. The van der Waals surface area contributed by atoms with Gasteiger partial charge in [-0.25, -0.2) is 9.97 Å². The van der Waals surface area contributed by atoms with Gasteiger partial charge in [0.2, 0.25) is 0 Å². The Labute approximate surface area is 229 Å². The number of nitriles is 1. The summed E-state index contributed by atoms with van der Waals surface area (Å²) in [6.07, 6.45) is 1.88. The lowest BCUT2D eigenvalue weighted by molar-refractivity contribution is 0.480. The van der Waals surface area contributed by atoms with E-state index in [4.69, 9.17) is 9.97 Å². The maximum atomic E-state index is 10.5. The van der Waals surface area contributed by atoms with Crippen molar-refractivity contribution in [2.75, 3.05) is 4.90 Å². The number of phenols is 1. The Morgan fingerprint density at radius 3 is 2.41 bits per heavy atom. The molecule has 0 aliphatic carbocycles. The molecule has 39 heavy (non-hydrogen) atoms. The Morgan fingerprint density at radius 1 is 0.872 bits per heavy atom. The number of aromatic hydroxyl groups is 1. The predicted molar refractivity (Wildman–Crippen MR) is 157 cm³/mol. The van der Waals surface area contributed by atoms with E-state index in [1.54, 1.807) is 18.2 Å². The third-order valence-electron chi connectivity index (χ3n) is 7.81. The molecule has 0 atom stereocenters. The molecule has 3 heterocycles. The summed E-state index contributed by atoms with van der Waals surface area (Å²) in [4.78, 5) is 11.9. The van der Waals surface area contributed by atoms with Gasteiger partial charge in [0.25, 0.3) is 0 Å². The summed E-state index contributed by atoms with van der Waals surface area (Å²) in [5, 5.41) is 21.0. The molecule has 0 spiro atoms. The topological polar surface area (TPSA) is 73.0 Å². The zero-order chi connectivity index (χ0) is 27.5. The van der Waals surface area contributed by atoms with Crippen LogP contribution in [-0.2, 0) is 10.8 Å². The lowest BCUT2D eigenvalue weighted by atomic mass is 9.73. The fourth-order valence-electron chi connectivity index (χ4n) is 5.60. The Hall–Kier alpha value is -4.69. The molecule has 1 aliphatic rings. The number of hydrogen-bond acceptors (Lipinski definition) is 5. The predicted octanol–water partition coefficient (Wildman–Crippen LogP) is 8.28. The van der Waals surface area contributed by atoms with Gasteiger partial charge in [-0.05, 0) is 58.5 Å². The zero-order valence-electron chi connectivity index (χ0n) is 22.8. The molecule has 2 aromatic heterocycles. The van der Waals surface area contributed by atoms with Crippen LogP contribution in [0.15, 0.2) is 85.1 Å². The average molecular weight is 511 g/mol. The summed E-state index contributed by atoms with van der Waals surface area (Å²) < 4.78 is 0. The Morgan fingerprint density at radius 2 is 1.64 bits per heavy atom. The summed E-state index contributed by atoms with van der Waals surface area (Å²) in [7, 11) is 0. The summed E-state index contributed by atoms with van der Waals surface area (Å²) >= 11 is 0. The van der Waals surface area contributed by atoms with Gasteiger partial charge in [0, 0.05) is 22.6 Å². The maximum Gasteiger partial charge on any atom is 0.141 e. The second-order valence-electron chi connectivity index (χ2n) is 11.7. The number of rotatable bonds is 2. The van der Waals surface area contributed by atoms with E-state index in [2.05, 4.69) is 100 Å². The third-order valence-corrected chi connectivity index (χ3v) is 7.81. The average Bonchev–Trinajstić information content (AvgIpc) is 2.92. The number of pyridine rings is 2. The molecule has 3 aromatic carbocycles. The van der Waals surface area contributed by atoms with Gasteiger partial charge in [-0.2, -0.15) is 5.26 Å². The molecule has 1 N–H and O–H groups in total. The highest BCUT2D eigenvalue weighted by Gasteiger charge is 2.37. The van der Waals surface area contributed by atoms with Crippen LogP contribution >= 0.6 is 0 Å². The number of para-hydroxylation sites is 2. The Kier molecular flexibility index (Phi) is 5.48. The first kappa shape index (κ1) is 24.6. The lowest BCUT2D eigenvalue weighted by Crippen LogP contribution is -2.31. The number of hydrogen-bond donors (Lipinski definition) is 1. The zero-order valence-corrected chi connectivity index (χ0v) is 22.8. The highest BCUT2D eigenvalue weighted by molar-refractivity contribution is 5.92. The van der Waals surface area contributed by atoms with Crippen molar-refractivity contribution in [3.05, 3.63) is 107 Å². The van der Waals surface area contributed by atoms with Crippen LogP contribution in [-0.4, -0.2) is 15.1 Å². The number of fused-ring (bicyclic) bond motifs is 3. The van der Waals surface area contributed by atoms with E-state index < -0.39 is 0 Å². The van der Waals surface area contributed by atoms with E-state index >= 15 is 0 Å². The van der Waals surface area contributed by atoms with Crippen molar-refractivity contribution < 1.29 is 5.11 Å². The van der Waals surface area contributed by atoms with E-state index in [9.17, 15) is 10.4 Å². The SMILES string of the molecule is CC(C)(C)c1ccnc(N2c3ccccc3C(C)(C)c3ccc(-c4cc(C#N)c5cccc(O)c5n4)cc32)c1. The first-order valence-electron chi connectivity index (χ1n) is 13.1. The van der Waals surface area contributed by atoms with Crippen LogP contribution in [0.4, 0.5) is 17.2 Å². The van der Waals surface area contributed by atoms with Crippen molar-refractivity contribution in [2.24, 2.45) is 0 Å². The standard InChI is InChI=1S/C34H30N4O/c1-33(2,3)23-15-16-36-31(19-23)38-28-11-7-6-10-25(28)34(4,5)26-14-13-21(18-29(26)38)27-17-22(20-35)24-9-8-12-30(39)32(24)37-27/h6-19,39H,1-5H3. The smallest absolute Gasteiger partial charge is 0.141 e. The van der Waals surface area contributed by atoms with Crippen molar-refractivity contribution in [3.8, 4) is 23.1 Å². The van der Waals surface area contributed by atoms with E-state index in [1.807, 2.05) is 12.3 Å². The van der Waals surface area contributed by atoms with Gasteiger partial charge in [-0.3, -0.25) is 4.90 Å². The van der Waals surface area contributed by atoms with Gasteiger partial charge in [0.1, 0.15) is 17.1 Å². The van der Waals surface area contributed by atoms with Crippen LogP contribution in [0.25, 0.3) is 22.2 Å². The fourth-order valence-corrected chi connectivity index (χ4v) is 5.60. The monoisotopic (exact) mass is 510 g/mol. The summed E-state index contributed by atoms with van der Waals surface area (Å²) in [6.45, 7) is 11.1. The van der Waals surface area contributed by atoms with Gasteiger partial charge in [0.05, 0.1) is 28.7 Å². The van der Waals surface area contributed by atoms with Crippen LogP contribution < -0.4 is 4.90 Å². The van der Waals surface area contributed by atoms with Crippen LogP contribution in [0.1, 0.15) is 56.9 Å². The molecule has 1 aliphatic heterocycles. The van der Waals surface area contributed by atoms with E-state index in [0.717, 1.165) is 22.8 Å². The van der Waals surface area contributed by atoms with E-state index in [-0.39, 0.29) is 16.6 Å². The van der Waals surface area contributed by atoms with Crippen molar-refractivity contribution in [1.29, 1.82) is 5.26 Å². The van der Waals surface area contributed by atoms with Gasteiger partial charge in [-0.1, -0.05) is 77.1 Å². The molecule has 0 radical (unpaired) electrons. The quantitative estimate of drug-likeness (QED) is 0.259. The van der Waals surface area contributed by atoms with Crippen molar-refractivity contribution in [3.63, 3.8) is 0 Å². The lowest BCUT2D eigenvalue weighted by Gasteiger charge is -2.42. The molecule has 0 unspecified atom stereocenters. The summed E-state index contributed by atoms with van der Waals surface area (Å²) in [5.41, 5.74) is 7.86. The first-order valence-corrected chi connectivity index (χ1v) is 13.1. The second kappa shape index (κ2) is 8.68. The van der Waals surface area contributed by atoms with Gasteiger partial charge >= 0.3 is 0 Å². The number of anilines is 3. The summed E-state index contributed by atoms with van der Waals surface area (Å²) in [6, 6.07) is 28.3. The molecule has 0 saturated heterocycles. The number of phenolic OH excluding ortho intramolecular Hbond substituents is 1. The van der Waals surface area contributed by atoms with Crippen molar-refractivity contribution in [2.45, 2.75) is 45.4 Å². The maximum absolute atomic E-state index is 10.5. The third kappa shape index (κ3) is 3.92. The molecule has 192 valence electrons. The molecule has 0 fully saturated rings. The Bertz CT molecular complexity index is 1810. The second-order valence-corrected chi connectivity index (χ2v) is 11.7. The molecule has 5 aromatic rings. The number of benzene rings is 3. The minimum atomic E-state index is -0.241. The molecule has 5 heteroatoms. The van der Waals surface area contributed by atoms with Crippen LogP contribution in [0, 0.1) is 11.3 Å². The van der Waals surface area contributed by atoms with Crippen molar-refractivity contribution in [1.82, 2.24) is 9.97 Å². The van der Waals surface area contributed by atoms with Crippen molar-refractivity contribution >= 4 is 28.1 Å². The fraction of sp³-hybridized carbons (Fsp3) is 0.206. The summed E-state index contributed by atoms with van der Waals surface area (Å²) in [5.74, 6) is 0.911. The van der Waals surface area contributed by atoms with E-state index in [1.165, 1.54) is 16.7 Å². The molecule has 0 bridgehead atoms. The largest absolute Gasteiger partial charge is 0.506 e. The van der Waals surface area contributed by atoms with Gasteiger partial charge in [-0.15, -0.1) is 0 Å². The minimum Gasteiger partial charge on any atom is -0.506 e. The highest BCUT2D eigenvalue weighted by Crippen LogP contribution is 2.52. The Balaban J connectivity index is 1.62. The van der Waals surface area contributed by atoms with Crippen LogP contribution in [0.3, 0.4) is 0 Å².